The van der Waals surface area contributed by atoms with Gasteiger partial charge in [0.1, 0.15) is 24.3 Å². The molecule has 2 amide bonds. The van der Waals surface area contributed by atoms with E-state index in [4.69, 9.17) is 15.2 Å². The number of rotatable bonds is 11. The summed E-state index contributed by atoms with van der Waals surface area (Å²) in [5.41, 5.74) is 5.73. The number of hydrogen-bond donors (Lipinski definition) is 3. The number of hydrogen-bond acceptors (Lipinski definition) is 6. The molecule has 8 nitrogen and oxygen atoms in total. The van der Waals surface area contributed by atoms with E-state index in [1.54, 1.807) is 20.8 Å². The summed E-state index contributed by atoms with van der Waals surface area (Å²) in [6.07, 6.45) is 0.597. The van der Waals surface area contributed by atoms with Crippen LogP contribution >= 0.6 is 0 Å². The van der Waals surface area contributed by atoms with Crippen LogP contribution in [0.1, 0.15) is 59.4 Å². The summed E-state index contributed by atoms with van der Waals surface area (Å²) >= 11 is 0. The molecule has 0 spiro atoms. The minimum Gasteiger partial charge on any atom is -0.458 e. The number of carbonyl (C=O) groups excluding carboxylic acids is 3. The second kappa shape index (κ2) is 12.9. The lowest BCUT2D eigenvalue weighted by atomic mass is 10.0. The zero-order valence-electron chi connectivity index (χ0n) is 19.3. The van der Waals surface area contributed by atoms with Crippen LogP contribution < -0.4 is 16.4 Å². The van der Waals surface area contributed by atoms with Crippen LogP contribution in [0.15, 0.2) is 30.3 Å². The topological polar surface area (TPSA) is 120 Å². The van der Waals surface area contributed by atoms with Gasteiger partial charge in [-0.15, -0.1) is 0 Å². The molecule has 0 fully saturated rings. The summed E-state index contributed by atoms with van der Waals surface area (Å²) < 4.78 is 10.7. The number of esters is 1. The highest BCUT2D eigenvalue weighted by atomic mass is 16.6. The summed E-state index contributed by atoms with van der Waals surface area (Å²) in [4.78, 5) is 37.7. The van der Waals surface area contributed by atoms with Gasteiger partial charge in [-0.25, -0.2) is 9.59 Å². The van der Waals surface area contributed by atoms with Gasteiger partial charge >= 0.3 is 12.1 Å². The Morgan fingerprint density at radius 1 is 1.03 bits per heavy atom. The van der Waals surface area contributed by atoms with Crippen LogP contribution in [0.4, 0.5) is 4.79 Å². The number of ether oxygens (including phenoxy) is 2. The van der Waals surface area contributed by atoms with E-state index in [1.807, 2.05) is 44.2 Å². The highest BCUT2D eigenvalue weighted by Crippen LogP contribution is 2.12. The average molecular weight is 436 g/mol. The van der Waals surface area contributed by atoms with Gasteiger partial charge in [0, 0.05) is 0 Å². The fraction of sp³-hybridized carbons (Fsp3) is 0.609. The predicted octanol–water partition coefficient (Wildman–Crippen LogP) is 2.89. The fourth-order valence-corrected chi connectivity index (χ4v) is 2.83. The molecule has 0 saturated heterocycles. The molecule has 1 rings (SSSR count). The van der Waals surface area contributed by atoms with Crippen molar-refractivity contribution in [3.8, 4) is 0 Å². The molecule has 8 heteroatoms. The number of nitrogens with two attached hydrogens (primary N) is 1. The molecule has 0 aliphatic rings. The van der Waals surface area contributed by atoms with E-state index in [0.29, 0.717) is 25.8 Å². The first-order valence-electron chi connectivity index (χ1n) is 10.7. The molecule has 0 heterocycles. The van der Waals surface area contributed by atoms with Crippen molar-refractivity contribution in [2.45, 2.75) is 78.2 Å². The van der Waals surface area contributed by atoms with E-state index in [0.717, 1.165) is 5.56 Å². The van der Waals surface area contributed by atoms with E-state index < -0.39 is 35.7 Å². The smallest absolute Gasteiger partial charge is 0.408 e. The molecule has 31 heavy (non-hydrogen) atoms. The monoisotopic (exact) mass is 435 g/mol. The van der Waals surface area contributed by atoms with Crippen molar-refractivity contribution in [1.82, 2.24) is 10.6 Å². The van der Waals surface area contributed by atoms with Crippen LogP contribution in [-0.2, 0) is 25.7 Å². The largest absolute Gasteiger partial charge is 0.458 e. The quantitative estimate of drug-likeness (QED) is 0.460. The Bertz CT molecular complexity index is 701. The Hall–Kier alpha value is -2.61. The van der Waals surface area contributed by atoms with E-state index in [-0.39, 0.29) is 12.5 Å². The van der Waals surface area contributed by atoms with Gasteiger partial charge in [-0.3, -0.25) is 4.79 Å². The van der Waals surface area contributed by atoms with Crippen molar-refractivity contribution in [2.75, 3.05) is 6.54 Å². The average Bonchev–Trinajstić information content (AvgIpc) is 2.68. The van der Waals surface area contributed by atoms with Gasteiger partial charge in [-0.2, -0.15) is 0 Å². The number of alkyl carbamates (subject to hydrolysis) is 1. The normalized spacial score (nSPS) is 13.3. The lowest BCUT2D eigenvalue weighted by Crippen LogP contribution is -2.53. The molecule has 174 valence electrons. The SMILES string of the molecule is CC(C)C[C@H](NC(=O)OCc1ccccc1)C(=O)NC(CCCN)C(=O)OC(C)(C)C. The van der Waals surface area contributed by atoms with Gasteiger partial charge in [-0.1, -0.05) is 44.2 Å². The molecular weight excluding hydrogens is 398 g/mol. The number of amides is 2. The molecule has 0 aliphatic heterocycles. The molecule has 1 unspecified atom stereocenters. The van der Waals surface area contributed by atoms with Crippen molar-refractivity contribution in [2.24, 2.45) is 11.7 Å². The van der Waals surface area contributed by atoms with Crippen molar-refractivity contribution in [3.05, 3.63) is 35.9 Å². The maximum Gasteiger partial charge on any atom is 0.408 e. The number of carbonyl (C=O) groups is 3. The molecular formula is C23H37N3O5. The van der Waals surface area contributed by atoms with Gasteiger partial charge in [-0.05, 0) is 58.1 Å². The highest BCUT2D eigenvalue weighted by Gasteiger charge is 2.30. The first-order valence-corrected chi connectivity index (χ1v) is 10.7. The Morgan fingerprint density at radius 2 is 1.68 bits per heavy atom. The van der Waals surface area contributed by atoms with Gasteiger partial charge in [0.2, 0.25) is 5.91 Å². The van der Waals surface area contributed by atoms with Gasteiger partial charge in [0.25, 0.3) is 0 Å². The van der Waals surface area contributed by atoms with Crippen LogP contribution in [0.2, 0.25) is 0 Å². The minimum atomic E-state index is -0.842. The van der Waals surface area contributed by atoms with Crippen LogP contribution in [0.25, 0.3) is 0 Å². The third kappa shape index (κ3) is 11.4. The molecule has 0 radical (unpaired) electrons. The third-order valence-electron chi connectivity index (χ3n) is 4.23. The number of nitrogens with one attached hydrogen (secondary N) is 2. The Kier molecular flexibility index (Phi) is 11.0. The zero-order valence-corrected chi connectivity index (χ0v) is 19.3. The molecule has 1 aromatic rings. The molecule has 0 aliphatic carbocycles. The van der Waals surface area contributed by atoms with Crippen LogP contribution in [-0.4, -0.2) is 42.2 Å². The first kappa shape index (κ1) is 26.4. The van der Waals surface area contributed by atoms with E-state index in [1.165, 1.54) is 0 Å². The lowest BCUT2D eigenvalue weighted by Gasteiger charge is -2.26. The van der Waals surface area contributed by atoms with Crippen molar-refractivity contribution in [3.63, 3.8) is 0 Å². The van der Waals surface area contributed by atoms with Crippen LogP contribution in [0, 0.1) is 5.92 Å². The second-order valence-electron chi connectivity index (χ2n) is 8.91. The maximum atomic E-state index is 12.9. The Balaban J connectivity index is 2.78. The summed E-state index contributed by atoms with van der Waals surface area (Å²) in [5.74, 6) is -0.850. The summed E-state index contributed by atoms with van der Waals surface area (Å²) in [5, 5.41) is 5.34. The molecule has 1 aromatic carbocycles. The molecule has 0 aromatic heterocycles. The minimum absolute atomic E-state index is 0.0969. The van der Waals surface area contributed by atoms with Crippen molar-refractivity contribution < 1.29 is 23.9 Å². The van der Waals surface area contributed by atoms with E-state index in [9.17, 15) is 14.4 Å². The molecule has 0 bridgehead atoms. The maximum absolute atomic E-state index is 12.9. The van der Waals surface area contributed by atoms with E-state index >= 15 is 0 Å². The molecule has 4 N–H and O–H groups in total. The highest BCUT2D eigenvalue weighted by molar-refractivity contribution is 5.89. The third-order valence-corrected chi connectivity index (χ3v) is 4.23. The Labute approximate surface area is 185 Å². The zero-order chi connectivity index (χ0) is 23.4. The molecule has 0 saturated carbocycles. The fourth-order valence-electron chi connectivity index (χ4n) is 2.83. The van der Waals surface area contributed by atoms with E-state index in [2.05, 4.69) is 10.6 Å². The number of benzene rings is 1. The van der Waals surface area contributed by atoms with Gasteiger partial charge in [0.05, 0.1) is 0 Å². The molecule has 2 atom stereocenters. The second-order valence-corrected chi connectivity index (χ2v) is 8.91. The summed E-state index contributed by atoms with van der Waals surface area (Å²) in [6.45, 7) is 9.65. The summed E-state index contributed by atoms with van der Waals surface area (Å²) in [6, 6.07) is 7.58. The van der Waals surface area contributed by atoms with Crippen molar-refractivity contribution in [1.29, 1.82) is 0 Å². The standard InChI is InChI=1S/C23H37N3O5/c1-16(2)14-19(26-22(29)30-15-17-10-7-6-8-11-17)20(27)25-18(12-9-13-24)21(28)31-23(3,4)5/h6-8,10-11,16,18-19H,9,12-15,24H2,1-5H3,(H,25,27)(H,26,29)/t18?,19-/m0/s1. The van der Waals surface area contributed by atoms with Crippen LogP contribution in [0.5, 0.6) is 0 Å². The predicted molar refractivity (Wildman–Crippen MR) is 119 cm³/mol. The first-order chi connectivity index (χ1) is 14.5. The Morgan fingerprint density at radius 3 is 2.23 bits per heavy atom. The summed E-state index contributed by atoms with van der Waals surface area (Å²) in [7, 11) is 0. The van der Waals surface area contributed by atoms with Gasteiger partial charge in [0.15, 0.2) is 0 Å². The van der Waals surface area contributed by atoms with Gasteiger partial charge < -0.3 is 25.8 Å². The van der Waals surface area contributed by atoms with Crippen LogP contribution in [0.3, 0.4) is 0 Å². The lowest BCUT2D eigenvalue weighted by molar-refractivity contribution is -0.159. The van der Waals surface area contributed by atoms with Crippen molar-refractivity contribution >= 4 is 18.0 Å².